The first kappa shape index (κ1) is 17.2. The SMILES string of the molecule is CCOC(=O)/C=C/C(=O)NNC(=O)COc1ccc(C)cc1. The quantitative estimate of drug-likeness (QED) is 0.457. The van der Waals surface area contributed by atoms with Gasteiger partial charge in [-0.25, -0.2) is 4.79 Å². The Hall–Kier alpha value is -2.83. The third-order valence-corrected chi connectivity index (χ3v) is 2.37. The van der Waals surface area contributed by atoms with Gasteiger partial charge < -0.3 is 9.47 Å². The second kappa shape index (κ2) is 9.17. The van der Waals surface area contributed by atoms with Crippen LogP contribution in [0.4, 0.5) is 0 Å². The van der Waals surface area contributed by atoms with E-state index in [-0.39, 0.29) is 13.2 Å². The summed E-state index contributed by atoms with van der Waals surface area (Å²) in [5, 5.41) is 0. The van der Waals surface area contributed by atoms with Gasteiger partial charge in [0.05, 0.1) is 6.61 Å². The molecule has 118 valence electrons. The molecule has 2 N–H and O–H groups in total. The lowest BCUT2D eigenvalue weighted by atomic mass is 10.2. The van der Waals surface area contributed by atoms with Crippen LogP contribution in [0.25, 0.3) is 0 Å². The summed E-state index contributed by atoms with van der Waals surface area (Å²) in [6.07, 6.45) is 1.92. The highest BCUT2D eigenvalue weighted by atomic mass is 16.5. The molecule has 1 rings (SSSR count). The van der Waals surface area contributed by atoms with E-state index in [4.69, 9.17) is 4.74 Å². The van der Waals surface area contributed by atoms with E-state index in [0.29, 0.717) is 5.75 Å². The molecule has 0 saturated heterocycles. The summed E-state index contributed by atoms with van der Waals surface area (Å²) in [6, 6.07) is 7.19. The number of rotatable bonds is 6. The van der Waals surface area contributed by atoms with Gasteiger partial charge in [-0.15, -0.1) is 0 Å². The Morgan fingerprint density at radius 3 is 2.41 bits per heavy atom. The molecule has 0 bridgehead atoms. The first-order valence-electron chi connectivity index (χ1n) is 6.64. The van der Waals surface area contributed by atoms with Crippen molar-refractivity contribution >= 4 is 17.8 Å². The molecule has 22 heavy (non-hydrogen) atoms. The van der Waals surface area contributed by atoms with Gasteiger partial charge in [-0.3, -0.25) is 20.4 Å². The minimum absolute atomic E-state index is 0.220. The number of ether oxygens (including phenoxy) is 2. The zero-order valence-electron chi connectivity index (χ0n) is 12.4. The second-order valence-corrected chi connectivity index (χ2v) is 4.22. The molecule has 2 amide bonds. The van der Waals surface area contributed by atoms with E-state index in [0.717, 1.165) is 17.7 Å². The third kappa shape index (κ3) is 7.09. The van der Waals surface area contributed by atoms with Crippen LogP contribution in [0.3, 0.4) is 0 Å². The molecule has 0 aliphatic heterocycles. The number of carbonyl (C=O) groups excluding carboxylic acids is 3. The Balaban J connectivity index is 2.26. The molecule has 0 unspecified atom stereocenters. The van der Waals surface area contributed by atoms with Crippen LogP contribution in [0.5, 0.6) is 5.75 Å². The average molecular weight is 306 g/mol. The van der Waals surface area contributed by atoms with Crippen molar-refractivity contribution in [3.05, 3.63) is 42.0 Å². The fourth-order valence-electron chi connectivity index (χ4n) is 1.33. The van der Waals surface area contributed by atoms with E-state index >= 15 is 0 Å². The smallest absolute Gasteiger partial charge is 0.330 e. The van der Waals surface area contributed by atoms with E-state index in [1.807, 2.05) is 19.1 Å². The first-order valence-corrected chi connectivity index (χ1v) is 6.64. The summed E-state index contributed by atoms with van der Waals surface area (Å²) < 4.78 is 9.83. The molecule has 7 nitrogen and oxygen atoms in total. The minimum atomic E-state index is -0.656. The molecule has 0 heterocycles. The monoisotopic (exact) mass is 306 g/mol. The van der Waals surface area contributed by atoms with Gasteiger partial charge in [-0.05, 0) is 26.0 Å². The highest BCUT2D eigenvalue weighted by Crippen LogP contribution is 2.10. The van der Waals surface area contributed by atoms with Crippen LogP contribution >= 0.6 is 0 Å². The number of nitrogens with one attached hydrogen (secondary N) is 2. The van der Waals surface area contributed by atoms with Crippen molar-refractivity contribution in [1.29, 1.82) is 0 Å². The molecular weight excluding hydrogens is 288 g/mol. The highest BCUT2D eigenvalue weighted by molar-refractivity contribution is 5.95. The maximum atomic E-state index is 11.5. The lowest BCUT2D eigenvalue weighted by Gasteiger charge is -2.07. The van der Waals surface area contributed by atoms with Crippen molar-refractivity contribution in [2.75, 3.05) is 13.2 Å². The zero-order valence-corrected chi connectivity index (χ0v) is 12.4. The van der Waals surface area contributed by atoms with E-state index in [2.05, 4.69) is 15.6 Å². The summed E-state index contributed by atoms with van der Waals surface area (Å²) in [6.45, 7) is 3.57. The van der Waals surface area contributed by atoms with Gasteiger partial charge in [0.25, 0.3) is 11.8 Å². The van der Waals surface area contributed by atoms with Crippen LogP contribution in [-0.4, -0.2) is 31.0 Å². The van der Waals surface area contributed by atoms with Crippen LogP contribution in [-0.2, 0) is 19.1 Å². The lowest BCUT2D eigenvalue weighted by Crippen LogP contribution is -2.43. The number of benzene rings is 1. The predicted molar refractivity (Wildman–Crippen MR) is 78.7 cm³/mol. The van der Waals surface area contributed by atoms with E-state index in [9.17, 15) is 14.4 Å². The van der Waals surface area contributed by atoms with Gasteiger partial charge in [0.15, 0.2) is 6.61 Å². The van der Waals surface area contributed by atoms with Gasteiger partial charge in [-0.1, -0.05) is 17.7 Å². The van der Waals surface area contributed by atoms with Crippen LogP contribution in [0.1, 0.15) is 12.5 Å². The fourth-order valence-corrected chi connectivity index (χ4v) is 1.33. The standard InChI is InChI=1S/C15H18N2O5/c1-3-21-15(20)9-8-13(18)16-17-14(19)10-22-12-6-4-11(2)5-7-12/h4-9H,3,10H2,1-2H3,(H,16,18)(H,17,19)/b9-8+. The second-order valence-electron chi connectivity index (χ2n) is 4.22. The summed E-state index contributed by atoms with van der Waals surface area (Å²) in [4.78, 5) is 33.7. The molecule has 0 radical (unpaired) electrons. The Labute approximate surface area is 128 Å². The van der Waals surface area contributed by atoms with Crippen LogP contribution < -0.4 is 15.6 Å². The van der Waals surface area contributed by atoms with Crippen molar-refractivity contribution in [2.45, 2.75) is 13.8 Å². The molecule has 0 spiro atoms. The van der Waals surface area contributed by atoms with E-state index in [1.165, 1.54) is 0 Å². The molecular formula is C15H18N2O5. The molecule has 0 aliphatic carbocycles. The normalized spacial score (nSPS) is 10.1. The molecule has 7 heteroatoms. The Morgan fingerprint density at radius 2 is 1.77 bits per heavy atom. The molecule has 0 atom stereocenters. The van der Waals surface area contributed by atoms with Crippen molar-refractivity contribution in [3.63, 3.8) is 0 Å². The van der Waals surface area contributed by atoms with E-state index < -0.39 is 17.8 Å². The Kier molecular flexibility index (Phi) is 7.18. The third-order valence-electron chi connectivity index (χ3n) is 2.37. The van der Waals surface area contributed by atoms with Crippen LogP contribution in [0.2, 0.25) is 0 Å². The number of hydrogen-bond acceptors (Lipinski definition) is 5. The summed E-state index contributed by atoms with van der Waals surface area (Å²) in [5.74, 6) is -1.27. The number of carbonyl (C=O) groups is 3. The fraction of sp³-hybridized carbons (Fsp3) is 0.267. The Bertz CT molecular complexity index is 552. The summed E-state index contributed by atoms with van der Waals surface area (Å²) >= 11 is 0. The van der Waals surface area contributed by atoms with E-state index in [1.54, 1.807) is 19.1 Å². The lowest BCUT2D eigenvalue weighted by molar-refractivity contribution is -0.137. The van der Waals surface area contributed by atoms with Gasteiger partial charge in [0, 0.05) is 12.2 Å². The van der Waals surface area contributed by atoms with Gasteiger partial charge in [-0.2, -0.15) is 0 Å². The van der Waals surface area contributed by atoms with Crippen molar-refractivity contribution in [1.82, 2.24) is 10.9 Å². The molecule has 1 aromatic rings. The molecule has 0 saturated carbocycles. The Morgan fingerprint density at radius 1 is 1.09 bits per heavy atom. The minimum Gasteiger partial charge on any atom is -0.484 e. The zero-order chi connectivity index (χ0) is 16.4. The van der Waals surface area contributed by atoms with Gasteiger partial charge in [0.2, 0.25) is 0 Å². The highest BCUT2D eigenvalue weighted by Gasteiger charge is 2.04. The molecule has 0 aliphatic rings. The number of hydrogen-bond donors (Lipinski definition) is 2. The number of amides is 2. The molecule has 0 aromatic heterocycles. The topological polar surface area (TPSA) is 93.7 Å². The van der Waals surface area contributed by atoms with Crippen molar-refractivity contribution in [3.8, 4) is 5.75 Å². The van der Waals surface area contributed by atoms with Crippen LogP contribution in [0.15, 0.2) is 36.4 Å². The molecule has 0 fully saturated rings. The van der Waals surface area contributed by atoms with Gasteiger partial charge in [0.1, 0.15) is 5.75 Å². The van der Waals surface area contributed by atoms with Crippen molar-refractivity contribution in [2.24, 2.45) is 0 Å². The first-order chi connectivity index (χ1) is 10.5. The molecule has 1 aromatic carbocycles. The maximum Gasteiger partial charge on any atom is 0.330 e. The summed E-state index contributed by atoms with van der Waals surface area (Å²) in [7, 11) is 0. The maximum absolute atomic E-state index is 11.5. The largest absolute Gasteiger partial charge is 0.484 e. The predicted octanol–water partition coefficient (Wildman–Crippen LogP) is 0.641. The number of aryl methyl sites for hydroxylation is 1. The van der Waals surface area contributed by atoms with Crippen LogP contribution in [0, 0.1) is 6.92 Å². The van der Waals surface area contributed by atoms with Crippen molar-refractivity contribution < 1.29 is 23.9 Å². The number of hydrazine groups is 1. The average Bonchev–Trinajstić information content (AvgIpc) is 2.50. The van der Waals surface area contributed by atoms with Gasteiger partial charge >= 0.3 is 5.97 Å². The number of esters is 1. The summed E-state index contributed by atoms with van der Waals surface area (Å²) in [5.41, 5.74) is 5.35.